The Labute approximate surface area is 119 Å². The van der Waals surface area contributed by atoms with E-state index in [9.17, 15) is 14.9 Å². The third-order valence-electron chi connectivity index (χ3n) is 3.88. The van der Waals surface area contributed by atoms with Crippen molar-refractivity contribution in [1.29, 1.82) is 0 Å². The second-order valence-electron chi connectivity index (χ2n) is 5.03. The molecule has 21 heavy (non-hydrogen) atoms. The zero-order valence-corrected chi connectivity index (χ0v) is 10.9. The van der Waals surface area contributed by atoms with Crippen LogP contribution in [0.3, 0.4) is 0 Å². The summed E-state index contributed by atoms with van der Waals surface area (Å²) in [6.07, 6.45) is 0. The number of fused-ring (bicyclic) bond motifs is 2. The second kappa shape index (κ2) is 3.99. The largest absolute Gasteiger partial charge is 0.289 e. The predicted molar refractivity (Wildman–Crippen MR) is 79.5 cm³/mol. The Hall–Kier alpha value is -3.01. The van der Waals surface area contributed by atoms with Crippen LogP contribution in [0.15, 0.2) is 54.6 Å². The lowest BCUT2D eigenvalue weighted by atomic mass is 9.82. The van der Waals surface area contributed by atoms with Crippen molar-refractivity contribution in [2.75, 3.05) is 0 Å². The molecule has 4 heteroatoms. The van der Waals surface area contributed by atoms with Gasteiger partial charge >= 0.3 is 0 Å². The molecule has 0 heterocycles. The third-order valence-corrected chi connectivity index (χ3v) is 3.88. The first-order valence-electron chi connectivity index (χ1n) is 6.52. The molecule has 1 aliphatic carbocycles. The SMILES string of the molecule is O=C1c2ccccc2-c2cccc3cc([N+](=O)[O-])cc1c23. The predicted octanol–water partition coefficient (Wildman–Crippen LogP) is 3.96. The monoisotopic (exact) mass is 275 g/mol. The average Bonchev–Trinajstić information content (AvgIpc) is 2.51. The van der Waals surface area contributed by atoms with E-state index in [2.05, 4.69) is 0 Å². The molecule has 1 aliphatic rings. The molecule has 0 radical (unpaired) electrons. The molecule has 3 aromatic rings. The van der Waals surface area contributed by atoms with Crippen LogP contribution < -0.4 is 0 Å². The maximum absolute atomic E-state index is 12.6. The van der Waals surface area contributed by atoms with Crippen LogP contribution >= 0.6 is 0 Å². The first-order valence-corrected chi connectivity index (χ1v) is 6.52. The molecule has 0 aromatic heterocycles. The van der Waals surface area contributed by atoms with Crippen molar-refractivity contribution in [3.8, 4) is 11.1 Å². The summed E-state index contributed by atoms with van der Waals surface area (Å²) in [6, 6.07) is 15.9. The van der Waals surface area contributed by atoms with Crippen LogP contribution in [0.1, 0.15) is 15.9 Å². The molecule has 0 spiro atoms. The maximum atomic E-state index is 12.6. The van der Waals surface area contributed by atoms with Gasteiger partial charge in [-0.05, 0) is 16.5 Å². The average molecular weight is 275 g/mol. The van der Waals surface area contributed by atoms with Crippen LogP contribution in [0, 0.1) is 10.1 Å². The Balaban J connectivity index is 2.20. The summed E-state index contributed by atoms with van der Waals surface area (Å²) in [7, 11) is 0. The molecule has 4 rings (SSSR count). The van der Waals surface area contributed by atoms with Gasteiger partial charge in [0, 0.05) is 28.6 Å². The second-order valence-corrected chi connectivity index (χ2v) is 5.03. The quantitative estimate of drug-likeness (QED) is 0.390. The van der Waals surface area contributed by atoms with Gasteiger partial charge in [0.15, 0.2) is 5.78 Å². The fourth-order valence-electron chi connectivity index (χ4n) is 2.98. The molecule has 3 aromatic carbocycles. The van der Waals surface area contributed by atoms with Gasteiger partial charge in [0.05, 0.1) is 4.92 Å². The number of hydrogen-bond acceptors (Lipinski definition) is 3. The summed E-state index contributed by atoms with van der Waals surface area (Å²) >= 11 is 0. The number of ketones is 1. The van der Waals surface area contributed by atoms with E-state index in [0.717, 1.165) is 21.9 Å². The molecule has 0 atom stereocenters. The normalized spacial score (nSPS) is 12.3. The first-order chi connectivity index (χ1) is 10.2. The number of non-ortho nitro benzene ring substituents is 1. The van der Waals surface area contributed by atoms with Gasteiger partial charge in [0.2, 0.25) is 0 Å². The lowest BCUT2D eigenvalue weighted by Gasteiger charge is -2.19. The molecule has 4 nitrogen and oxygen atoms in total. The van der Waals surface area contributed by atoms with Gasteiger partial charge in [0.1, 0.15) is 0 Å². The fourth-order valence-corrected chi connectivity index (χ4v) is 2.98. The van der Waals surface area contributed by atoms with Crippen LogP contribution in [-0.2, 0) is 0 Å². The zero-order chi connectivity index (χ0) is 14.6. The highest BCUT2D eigenvalue weighted by Gasteiger charge is 2.26. The smallest absolute Gasteiger partial charge is 0.270 e. The van der Waals surface area contributed by atoms with E-state index in [0.29, 0.717) is 11.1 Å². The Bertz CT molecular complexity index is 944. The number of carbonyl (C=O) groups excluding carboxylic acids is 1. The maximum Gasteiger partial charge on any atom is 0.270 e. The minimum Gasteiger partial charge on any atom is -0.289 e. The van der Waals surface area contributed by atoms with Gasteiger partial charge in [0.25, 0.3) is 5.69 Å². The lowest BCUT2D eigenvalue weighted by molar-refractivity contribution is -0.384. The fraction of sp³-hybridized carbons (Fsp3) is 0. The molecule has 100 valence electrons. The van der Waals surface area contributed by atoms with E-state index in [1.807, 2.05) is 24.3 Å². The van der Waals surface area contributed by atoms with Crippen LogP contribution in [0.5, 0.6) is 0 Å². The molecule has 0 amide bonds. The molecule has 0 bridgehead atoms. The van der Waals surface area contributed by atoms with Crippen molar-refractivity contribution in [2.24, 2.45) is 0 Å². The molecule has 0 unspecified atom stereocenters. The standard InChI is InChI=1S/C17H9NO3/c19-17-14-6-2-1-5-12(14)13-7-3-4-10-8-11(18(20)21)9-15(17)16(10)13/h1-9H. The number of nitro benzene ring substituents is 1. The Morgan fingerprint density at radius 3 is 2.29 bits per heavy atom. The number of nitro groups is 1. The molecular formula is C17H9NO3. The van der Waals surface area contributed by atoms with E-state index in [4.69, 9.17) is 0 Å². The van der Waals surface area contributed by atoms with Crippen molar-refractivity contribution in [3.05, 3.63) is 75.8 Å². The lowest BCUT2D eigenvalue weighted by Crippen LogP contribution is -2.10. The number of nitrogens with zero attached hydrogens (tertiary/aromatic N) is 1. The molecular weight excluding hydrogens is 266 g/mol. The summed E-state index contributed by atoms with van der Waals surface area (Å²) in [5, 5.41) is 12.6. The van der Waals surface area contributed by atoms with Crippen molar-refractivity contribution >= 4 is 22.2 Å². The van der Waals surface area contributed by atoms with Gasteiger partial charge in [-0.2, -0.15) is 0 Å². The molecule has 0 saturated heterocycles. The van der Waals surface area contributed by atoms with E-state index >= 15 is 0 Å². The topological polar surface area (TPSA) is 60.2 Å². The Kier molecular flexibility index (Phi) is 2.24. The van der Waals surface area contributed by atoms with Crippen molar-refractivity contribution < 1.29 is 9.72 Å². The highest BCUT2D eigenvalue weighted by atomic mass is 16.6. The molecule has 0 saturated carbocycles. The van der Waals surface area contributed by atoms with Crippen LogP contribution in [0.4, 0.5) is 5.69 Å². The molecule has 0 aliphatic heterocycles. The highest BCUT2D eigenvalue weighted by molar-refractivity contribution is 6.26. The summed E-state index contributed by atoms with van der Waals surface area (Å²) < 4.78 is 0. The minimum absolute atomic E-state index is 0.0534. The summed E-state index contributed by atoms with van der Waals surface area (Å²) in [5.41, 5.74) is 2.79. The van der Waals surface area contributed by atoms with Gasteiger partial charge in [-0.25, -0.2) is 0 Å². The Morgan fingerprint density at radius 1 is 0.810 bits per heavy atom. The van der Waals surface area contributed by atoms with Crippen molar-refractivity contribution in [3.63, 3.8) is 0 Å². The zero-order valence-electron chi connectivity index (χ0n) is 10.9. The van der Waals surface area contributed by atoms with E-state index < -0.39 is 4.92 Å². The molecule has 0 N–H and O–H groups in total. The van der Waals surface area contributed by atoms with E-state index in [1.54, 1.807) is 18.2 Å². The van der Waals surface area contributed by atoms with Crippen LogP contribution in [0.2, 0.25) is 0 Å². The van der Waals surface area contributed by atoms with Crippen LogP contribution in [0.25, 0.3) is 21.9 Å². The van der Waals surface area contributed by atoms with Gasteiger partial charge in [-0.3, -0.25) is 14.9 Å². The number of carbonyl (C=O) groups is 1. The van der Waals surface area contributed by atoms with E-state index in [-0.39, 0.29) is 11.5 Å². The van der Waals surface area contributed by atoms with Gasteiger partial charge in [-0.15, -0.1) is 0 Å². The summed E-state index contributed by atoms with van der Waals surface area (Å²) in [4.78, 5) is 23.2. The van der Waals surface area contributed by atoms with Crippen molar-refractivity contribution in [2.45, 2.75) is 0 Å². The Morgan fingerprint density at radius 2 is 1.52 bits per heavy atom. The van der Waals surface area contributed by atoms with Crippen LogP contribution in [-0.4, -0.2) is 10.7 Å². The number of benzene rings is 3. The number of rotatable bonds is 1. The van der Waals surface area contributed by atoms with E-state index in [1.165, 1.54) is 12.1 Å². The number of hydrogen-bond donors (Lipinski definition) is 0. The summed E-state index contributed by atoms with van der Waals surface area (Å²) in [6.45, 7) is 0. The minimum atomic E-state index is -0.462. The van der Waals surface area contributed by atoms with Crippen molar-refractivity contribution in [1.82, 2.24) is 0 Å². The van der Waals surface area contributed by atoms with Gasteiger partial charge < -0.3 is 0 Å². The highest BCUT2D eigenvalue weighted by Crippen LogP contribution is 2.40. The van der Waals surface area contributed by atoms with Gasteiger partial charge in [-0.1, -0.05) is 42.5 Å². The first kappa shape index (κ1) is 11.8. The summed E-state index contributed by atoms with van der Waals surface area (Å²) in [5.74, 6) is -0.155. The molecule has 0 fully saturated rings. The third kappa shape index (κ3) is 1.53.